The van der Waals surface area contributed by atoms with E-state index in [1.165, 1.54) is 12.1 Å². The summed E-state index contributed by atoms with van der Waals surface area (Å²) < 4.78 is 23.7. The third-order valence-electron chi connectivity index (χ3n) is 3.99. The van der Waals surface area contributed by atoms with E-state index in [0.717, 1.165) is 20.8 Å². The number of nitrogens with zero attached hydrogens (tertiary/aromatic N) is 1. The molecule has 1 atom stereocenters. The minimum atomic E-state index is -3.71. The molecule has 3 aromatic rings. The van der Waals surface area contributed by atoms with Gasteiger partial charge >= 0.3 is 0 Å². The Kier molecular flexibility index (Phi) is 5.36. The summed E-state index contributed by atoms with van der Waals surface area (Å²) in [7, 11) is -3.71. The number of thiazole rings is 1. The summed E-state index contributed by atoms with van der Waals surface area (Å²) in [4.78, 5) is 16.8. The van der Waals surface area contributed by atoms with E-state index in [1.807, 2.05) is 31.2 Å². The van der Waals surface area contributed by atoms with Crippen molar-refractivity contribution in [1.29, 1.82) is 0 Å². The topological polar surface area (TPSA) is 102 Å². The number of nitrogens with two attached hydrogens (primary N) is 1. The van der Waals surface area contributed by atoms with Crippen LogP contribution in [0.15, 0.2) is 53.4 Å². The van der Waals surface area contributed by atoms with Gasteiger partial charge in [-0.3, -0.25) is 4.79 Å². The number of aromatic nitrogens is 1. The van der Waals surface area contributed by atoms with Gasteiger partial charge in [0.1, 0.15) is 0 Å². The van der Waals surface area contributed by atoms with E-state index in [1.54, 1.807) is 23.5 Å². The Hall–Kier alpha value is -2.29. The summed E-state index contributed by atoms with van der Waals surface area (Å²) in [6.45, 7) is 1.85. The van der Waals surface area contributed by atoms with Crippen LogP contribution in [0.1, 0.15) is 30.0 Å². The second-order valence-electron chi connectivity index (χ2n) is 5.98. The van der Waals surface area contributed by atoms with Gasteiger partial charge in [-0.2, -0.15) is 0 Å². The second-order valence-corrected chi connectivity index (χ2v) is 8.66. The van der Waals surface area contributed by atoms with Gasteiger partial charge in [-0.05, 0) is 36.8 Å². The van der Waals surface area contributed by atoms with Gasteiger partial charge in [-0.25, -0.2) is 18.5 Å². The fraction of sp³-hybridized carbons (Fsp3) is 0.222. The van der Waals surface area contributed by atoms with E-state index in [-0.39, 0.29) is 16.8 Å². The van der Waals surface area contributed by atoms with Crippen molar-refractivity contribution in [1.82, 2.24) is 10.3 Å². The maximum atomic E-state index is 12.2. The van der Waals surface area contributed by atoms with Crippen LogP contribution in [0.4, 0.5) is 0 Å². The molecule has 0 aliphatic carbocycles. The van der Waals surface area contributed by atoms with Gasteiger partial charge in [0.15, 0.2) is 0 Å². The van der Waals surface area contributed by atoms with E-state index < -0.39 is 10.0 Å². The Balaban J connectivity index is 1.57. The van der Waals surface area contributed by atoms with Crippen molar-refractivity contribution in [2.45, 2.75) is 30.7 Å². The molecular weight excluding hydrogens is 370 g/mol. The van der Waals surface area contributed by atoms with Crippen molar-refractivity contribution < 1.29 is 13.2 Å². The van der Waals surface area contributed by atoms with Crippen LogP contribution in [0.25, 0.3) is 10.2 Å². The molecule has 0 radical (unpaired) electrons. The highest BCUT2D eigenvalue weighted by molar-refractivity contribution is 7.89. The van der Waals surface area contributed by atoms with E-state index in [2.05, 4.69) is 10.3 Å². The first-order valence-corrected chi connectivity index (χ1v) is 10.5. The molecule has 1 amide bonds. The highest BCUT2D eigenvalue weighted by Gasteiger charge is 2.13. The van der Waals surface area contributed by atoms with Gasteiger partial charge in [0.05, 0.1) is 26.2 Å². The first-order chi connectivity index (χ1) is 12.3. The molecule has 0 saturated carbocycles. The molecule has 2 aromatic carbocycles. The Morgan fingerprint density at radius 3 is 2.54 bits per heavy atom. The van der Waals surface area contributed by atoms with Gasteiger partial charge in [-0.1, -0.05) is 24.3 Å². The molecule has 136 valence electrons. The third kappa shape index (κ3) is 4.46. The molecule has 0 bridgehead atoms. The molecule has 0 spiro atoms. The van der Waals surface area contributed by atoms with Crippen molar-refractivity contribution in [3.63, 3.8) is 0 Å². The van der Waals surface area contributed by atoms with Gasteiger partial charge in [0.25, 0.3) is 0 Å². The average molecular weight is 390 g/mol. The van der Waals surface area contributed by atoms with Gasteiger partial charge in [-0.15, -0.1) is 11.3 Å². The minimum Gasteiger partial charge on any atom is -0.350 e. The van der Waals surface area contributed by atoms with Gasteiger partial charge in [0, 0.05) is 12.8 Å². The fourth-order valence-electron chi connectivity index (χ4n) is 2.59. The number of fused-ring (bicyclic) bond motifs is 1. The number of benzene rings is 2. The predicted octanol–water partition coefficient (Wildman–Crippen LogP) is 2.75. The quantitative estimate of drug-likeness (QED) is 0.677. The van der Waals surface area contributed by atoms with Crippen LogP contribution in [0.5, 0.6) is 0 Å². The largest absolute Gasteiger partial charge is 0.350 e. The lowest BCUT2D eigenvalue weighted by atomic mass is 10.1. The highest BCUT2D eigenvalue weighted by Crippen LogP contribution is 2.22. The zero-order valence-electron chi connectivity index (χ0n) is 14.2. The molecule has 3 rings (SSSR count). The van der Waals surface area contributed by atoms with Gasteiger partial charge in [0.2, 0.25) is 15.9 Å². The van der Waals surface area contributed by atoms with Crippen LogP contribution < -0.4 is 10.5 Å². The molecule has 0 fully saturated rings. The van der Waals surface area contributed by atoms with E-state index in [4.69, 9.17) is 5.14 Å². The lowest BCUT2D eigenvalue weighted by Crippen LogP contribution is -2.26. The second kappa shape index (κ2) is 7.53. The molecule has 26 heavy (non-hydrogen) atoms. The average Bonchev–Trinajstić information content (AvgIpc) is 3.02. The van der Waals surface area contributed by atoms with Crippen molar-refractivity contribution in [3.05, 3.63) is 59.1 Å². The summed E-state index contributed by atoms with van der Waals surface area (Å²) in [5.41, 5.74) is 1.77. The molecule has 1 unspecified atom stereocenters. The van der Waals surface area contributed by atoms with Crippen LogP contribution >= 0.6 is 11.3 Å². The number of amides is 1. The smallest absolute Gasteiger partial charge is 0.238 e. The summed E-state index contributed by atoms with van der Waals surface area (Å²) in [6.07, 6.45) is 0.932. The lowest BCUT2D eigenvalue weighted by Gasteiger charge is -2.14. The monoisotopic (exact) mass is 389 g/mol. The fourth-order valence-corrected chi connectivity index (χ4v) is 4.07. The number of sulfonamides is 1. The molecule has 0 aliphatic rings. The first-order valence-electron chi connectivity index (χ1n) is 8.09. The molecule has 6 nitrogen and oxygen atoms in total. The SMILES string of the molecule is CC(NC(=O)CCc1nc2ccccc2s1)c1ccc(S(N)(=O)=O)cc1. The Labute approximate surface area is 156 Å². The van der Waals surface area contributed by atoms with E-state index >= 15 is 0 Å². The number of carbonyl (C=O) groups excluding carboxylic acids is 1. The number of hydrogen-bond donors (Lipinski definition) is 2. The van der Waals surface area contributed by atoms with Crippen molar-refractivity contribution in [2.24, 2.45) is 5.14 Å². The normalized spacial score (nSPS) is 12.8. The maximum absolute atomic E-state index is 12.2. The Bertz CT molecular complexity index is 994. The molecule has 0 aliphatic heterocycles. The number of aryl methyl sites for hydroxylation is 1. The van der Waals surface area contributed by atoms with Crippen molar-refractivity contribution >= 4 is 37.5 Å². The lowest BCUT2D eigenvalue weighted by molar-refractivity contribution is -0.121. The summed E-state index contributed by atoms with van der Waals surface area (Å²) in [5, 5.41) is 8.94. The number of nitrogens with one attached hydrogen (secondary N) is 1. The number of primary sulfonamides is 1. The Morgan fingerprint density at radius 1 is 1.19 bits per heavy atom. The van der Waals surface area contributed by atoms with Crippen LogP contribution in [0.3, 0.4) is 0 Å². The van der Waals surface area contributed by atoms with Crippen LogP contribution in [-0.2, 0) is 21.2 Å². The molecule has 0 saturated heterocycles. The van der Waals surface area contributed by atoms with E-state index in [0.29, 0.717) is 12.8 Å². The standard InChI is InChI=1S/C18H19N3O3S2/c1-12(13-6-8-14(9-7-13)26(19,23)24)20-17(22)10-11-18-21-15-4-2-3-5-16(15)25-18/h2-9,12H,10-11H2,1H3,(H,20,22)(H2,19,23,24). The molecule has 3 N–H and O–H groups in total. The van der Waals surface area contributed by atoms with E-state index in [9.17, 15) is 13.2 Å². The first kappa shape index (κ1) is 18.5. The van der Waals surface area contributed by atoms with Gasteiger partial charge < -0.3 is 5.32 Å². The summed E-state index contributed by atoms with van der Waals surface area (Å²) >= 11 is 1.60. The number of carbonyl (C=O) groups is 1. The van der Waals surface area contributed by atoms with Crippen molar-refractivity contribution in [2.75, 3.05) is 0 Å². The number of hydrogen-bond acceptors (Lipinski definition) is 5. The summed E-state index contributed by atoms with van der Waals surface area (Å²) in [5.74, 6) is -0.0766. The molecule has 1 aromatic heterocycles. The van der Waals surface area contributed by atoms with Crippen LogP contribution in [-0.4, -0.2) is 19.3 Å². The third-order valence-corrected chi connectivity index (χ3v) is 6.02. The maximum Gasteiger partial charge on any atom is 0.238 e. The molecular formula is C18H19N3O3S2. The number of rotatable bonds is 6. The Morgan fingerprint density at radius 2 is 1.88 bits per heavy atom. The van der Waals surface area contributed by atoms with Crippen LogP contribution in [0, 0.1) is 0 Å². The van der Waals surface area contributed by atoms with Crippen LogP contribution in [0.2, 0.25) is 0 Å². The zero-order chi connectivity index (χ0) is 18.7. The minimum absolute atomic E-state index is 0.0515. The molecule has 1 heterocycles. The summed E-state index contributed by atoms with van der Waals surface area (Å²) in [6, 6.07) is 13.8. The molecule has 8 heteroatoms. The predicted molar refractivity (Wildman–Crippen MR) is 102 cm³/mol. The highest BCUT2D eigenvalue weighted by atomic mass is 32.2. The zero-order valence-corrected chi connectivity index (χ0v) is 15.8. The van der Waals surface area contributed by atoms with Crippen molar-refractivity contribution in [3.8, 4) is 0 Å². The number of para-hydroxylation sites is 1.